The summed E-state index contributed by atoms with van der Waals surface area (Å²) in [7, 11) is 0. The Morgan fingerprint density at radius 2 is 2.19 bits per heavy atom. The Kier molecular flexibility index (Phi) is 4.52. The molecular formula is C12H12F3NO4S. The van der Waals surface area contributed by atoms with E-state index >= 15 is 0 Å². The van der Waals surface area contributed by atoms with E-state index in [0.29, 0.717) is 12.0 Å². The van der Waals surface area contributed by atoms with Crippen LogP contribution in [-0.2, 0) is 20.7 Å². The van der Waals surface area contributed by atoms with Gasteiger partial charge in [0.25, 0.3) is 0 Å². The van der Waals surface area contributed by atoms with E-state index in [2.05, 4.69) is 4.74 Å². The Balaban J connectivity index is 2.05. The number of rotatable bonds is 4. The first-order valence-electron chi connectivity index (χ1n) is 6.02. The number of aliphatic carboxylic acids is 1. The molecule has 21 heavy (non-hydrogen) atoms. The van der Waals surface area contributed by atoms with Gasteiger partial charge in [-0.25, -0.2) is 4.79 Å². The number of amides is 1. The number of alkyl halides is 3. The summed E-state index contributed by atoms with van der Waals surface area (Å²) in [4.78, 5) is 25.2. The van der Waals surface area contributed by atoms with Crippen molar-refractivity contribution in [2.24, 2.45) is 0 Å². The molecule has 1 aliphatic rings. The third kappa shape index (κ3) is 3.73. The molecule has 0 fully saturated rings. The zero-order valence-corrected chi connectivity index (χ0v) is 11.5. The van der Waals surface area contributed by atoms with E-state index < -0.39 is 37.3 Å². The van der Waals surface area contributed by atoms with Crippen LogP contribution in [0, 0.1) is 0 Å². The number of hydrogen-bond acceptors (Lipinski definition) is 4. The van der Waals surface area contributed by atoms with Crippen molar-refractivity contribution in [1.82, 2.24) is 4.90 Å². The van der Waals surface area contributed by atoms with Crippen molar-refractivity contribution in [1.29, 1.82) is 0 Å². The molecule has 2 heterocycles. The zero-order valence-electron chi connectivity index (χ0n) is 10.7. The minimum absolute atomic E-state index is 0.151. The maximum Gasteiger partial charge on any atom is 0.411 e. The predicted octanol–water partition coefficient (Wildman–Crippen LogP) is 1.84. The molecule has 2 rings (SSSR count). The second-order valence-corrected chi connectivity index (χ2v) is 5.49. The van der Waals surface area contributed by atoms with Crippen LogP contribution in [0.15, 0.2) is 11.4 Å². The van der Waals surface area contributed by atoms with Crippen LogP contribution in [0.25, 0.3) is 0 Å². The second-order valence-electron chi connectivity index (χ2n) is 4.49. The summed E-state index contributed by atoms with van der Waals surface area (Å²) < 4.78 is 40.2. The smallest absolute Gasteiger partial charge is 0.411 e. The van der Waals surface area contributed by atoms with Gasteiger partial charge < -0.3 is 14.7 Å². The molecule has 0 spiro atoms. The molecule has 1 aromatic rings. The number of carbonyl (C=O) groups is 2. The summed E-state index contributed by atoms with van der Waals surface area (Å²) in [5.74, 6) is -1.97. The Morgan fingerprint density at radius 1 is 1.48 bits per heavy atom. The molecule has 0 radical (unpaired) electrons. The maximum absolute atomic E-state index is 12.0. The Bertz CT molecular complexity index is 543. The molecule has 0 bridgehead atoms. The number of thiophene rings is 1. The van der Waals surface area contributed by atoms with Crippen LogP contribution in [-0.4, -0.2) is 47.8 Å². The Morgan fingerprint density at radius 3 is 2.81 bits per heavy atom. The number of carbonyl (C=O) groups excluding carboxylic acids is 1. The van der Waals surface area contributed by atoms with Gasteiger partial charge >= 0.3 is 12.1 Å². The van der Waals surface area contributed by atoms with Crippen molar-refractivity contribution in [3.05, 3.63) is 21.9 Å². The third-order valence-corrected chi connectivity index (χ3v) is 4.01. The first-order valence-corrected chi connectivity index (χ1v) is 6.90. The second kappa shape index (κ2) is 6.02. The molecule has 0 aliphatic carbocycles. The van der Waals surface area contributed by atoms with Crippen LogP contribution in [0.5, 0.6) is 0 Å². The first-order chi connectivity index (χ1) is 9.79. The number of nitrogens with zero attached hydrogens (tertiary/aromatic N) is 1. The van der Waals surface area contributed by atoms with Gasteiger partial charge in [0.05, 0.1) is 0 Å². The molecule has 1 aliphatic heterocycles. The lowest BCUT2D eigenvalue weighted by Gasteiger charge is -2.33. The van der Waals surface area contributed by atoms with Crippen LogP contribution >= 0.6 is 11.3 Å². The molecule has 0 saturated carbocycles. The molecular weight excluding hydrogens is 311 g/mol. The fourth-order valence-corrected chi connectivity index (χ4v) is 3.09. The Labute approximate surface area is 121 Å². The van der Waals surface area contributed by atoms with Crippen LogP contribution in [0.2, 0.25) is 0 Å². The zero-order chi connectivity index (χ0) is 15.6. The van der Waals surface area contributed by atoms with Crippen molar-refractivity contribution in [3.8, 4) is 0 Å². The van der Waals surface area contributed by atoms with Crippen molar-refractivity contribution >= 4 is 23.2 Å². The Hall–Kier alpha value is -1.61. The van der Waals surface area contributed by atoms with Crippen LogP contribution in [0.1, 0.15) is 16.5 Å². The molecule has 9 heteroatoms. The van der Waals surface area contributed by atoms with Gasteiger partial charge in [-0.15, -0.1) is 11.3 Å². The van der Waals surface area contributed by atoms with Crippen LogP contribution < -0.4 is 0 Å². The highest BCUT2D eigenvalue weighted by molar-refractivity contribution is 7.10. The summed E-state index contributed by atoms with van der Waals surface area (Å²) in [6.45, 7) is -2.17. The first kappa shape index (κ1) is 15.8. The predicted molar refractivity (Wildman–Crippen MR) is 67.0 cm³/mol. The normalized spacial score (nSPS) is 18.4. The van der Waals surface area contributed by atoms with Gasteiger partial charge in [-0.1, -0.05) is 0 Å². The largest absolute Gasteiger partial charge is 0.479 e. The highest BCUT2D eigenvalue weighted by atomic mass is 32.1. The molecule has 0 saturated heterocycles. The molecule has 1 unspecified atom stereocenters. The van der Waals surface area contributed by atoms with E-state index in [4.69, 9.17) is 0 Å². The lowest BCUT2D eigenvalue weighted by molar-refractivity contribution is -0.179. The summed E-state index contributed by atoms with van der Waals surface area (Å²) >= 11 is 1.40. The van der Waals surface area contributed by atoms with E-state index in [1.54, 1.807) is 11.4 Å². The van der Waals surface area contributed by atoms with E-state index in [1.807, 2.05) is 0 Å². The van der Waals surface area contributed by atoms with Gasteiger partial charge in [0.15, 0.2) is 6.04 Å². The van der Waals surface area contributed by atoms with Gasteiger partial charge in [-0.3, -0.25) is 4.79 Å². The van der Waals surface area contributed by atoms with E-state index in [1.165, 1.54) is 11.3 Å². The van der Waals surface area contributed by atoms with Gasteiger partial charge in [-0.05, 0) is 23.4 Å². The SMILES string of the molecule is O=C(O)C1c2ccsc2CCN1C(=O)COCC(F)(F)F. The lowest BCUT2D eigenvalue weighted by Crippen LogP contribution is -2.44. The number of halogens is 3. The number of carboxylic acid groups (broad SMARTS) is 1. The van der Waals surface area contributed by atoms with Gasteiger partial charge in [0, 0.05) is 11.4 Å². The lowest BCUT2D eigenvalue weighted by atomic mass is 10.00. The number of fused-ring (bicyclic) bond motifs is 1. The van der Waals surface area contributed by atoms with E-state index in [0.717, 1.165) is 9.78 Å². The minimum atomic E-state index is -4.52. The summed E-state index contributed by atoms with van der Waals surface area (Å²) in [6.07, 6.45) is -4.03. The standard InChI is InChI=1S/C12H12F3NO4S/c13-12(14,15)6-20-5-9(17)16-3-1-8-7(2-4-21-8)10(16)11(18)19/h2,4,10H,1,3,5-6H2,(H,18,19). The fourth-order valence-electron chi connectivity index (χ4n) is 2.19. The van der Waals surface area contributed by atoms with E-state index in [9.17, 15) is 27.9 Å². The van der Waals surface area contributed by atoms with Crippen LogP contribution in [0.3, 0.4) is 0 Å². The summed E-state index contributed by atoms with van der Waals surface area (Å²) in [6, 6.07) is 0.455. The van der Waals surface area contributed by atoms with Crippen molar-refractivity contribution in [2.75, 3.05) is 19.8 Å². The molecule has 1 N–H and O–H groups in total. The van der Waals surface area contributed by atoms with Crippen LogP contribution in [0.4, 0.5) is 13.2 Å². The van der Waals surface area contributed by atoms with Crippen molar-refractivity contribution in [2.45, 2.75) is 18.6 Å². The van der Waals surface area contributed by atoms with Crippen molar-refractivity contribution < 1.29 is 32.6 Å². The minimum Gasteiger partial charge on any atom is -0.479 e. The van der Waals surface area contributed by atoms with Crippen molar-refractivity contribution in [3.63, 3.8) is 0 Å². The number of carboxylic acids is 1. The molecule has 1 aromatic heterocycles. The quantitative estimate of drug-likeness (QED) is 0.918. The highest BCUT2D eigenvalue weighted by Gasteiger charge is 2.37. The molecule has 5 nitrogen and oxygen atoms in total. The topological polar surface area (TPSA) is 66.8 Å². The monoisotopic (exact) mass is 323 g/mol. The molecule has 1 amide bonds. The van der Waals surface area contributed by atoms with Gasteiger partial charge in [0.2, 0.25) is 5.91 Å². The molecule has 116 valence electrons. The molecule has 0 aromatic carbocycles. The third-order valence-electron chi connectivity index (χ3n) is 3.01. The summed E-state index contributed by atoms with van der Waals surface area (Å²) in [5, 5.41) is 11.0. The molecule has 1 atom stereocenters. The maximum atomic E-state index is 12.0. The average molecular weight is 323 g/mol. The fraction of sp³-hybridized carbons (Fsp3) is 0.500. The highest BCUT2D eigenvalue weighted by Crippen LogP contribution is 2.33. The van der Waals surface area contributed by atoms with Gasteiger partial charge in [-0.2, -0.15) is 13.2 Å². The average Bonchev–Trinajstić information content (AvgIpc) is 2.83. The number of hydrogen-bond donors (Lipinski definition) is 1. The summed E-state index contributed by atoms with van der Waals surface area (Å²) in [5.41, 5.74) is 0.517. The number of ether oxygens (including phenoxy) is 1. The van der Waals surface area contributed by atoms with E-state index in [-0.39, 0.29) is 6.54 Å². The van der Waals surface area contributed by atoms with Gasteiger partial charge in [0.1, 0.15) is 13.2 Å².